The van der Waals surface area contributed by atoms with Crippen molar-refractivity contribution >= 4 is 11.7 Å². The number of amides is 1. The lowest BCUT2D eigenvalue weighted by Crippen LogP contribution is -2.37. The van der Waals surface area contributed by atoms with Crippen molar-refractivity contribution in [3.05, 3.63) is 41.4 Å². The van der Waals surface area contributed by atoms with Crippen molar-refractivity contribution < 1.29 is 9.21 Å². The van der Waals surface area contributed by atoms with Gasteiger partial charge in [-0.15, -0.1) is 0 Å². The molecule has 0 saturated carbocycles. The van der Waals surface area contributed by atoms with E-state index in [0.717, 1.165) is 36.7 Å². The van der Waals surface area contributed by atoms with Crippen molar-refractivity contribution in [2.75, 3.05) is 25.0 Å². The minimum Gasteiger partial charge on any atom is -0.458 e. The first kappa shape index (κ1) is 19.3. The number of carbonyl (C=O) groups is 1. The lowest BCUT2D eigenvalue weighted by Gasteiger charge is -2.12. The normalized spacial score (nSPS) is 16.3. The van der Waals surface area contributed by atoms with Gasteiger partial charge in [0, 0.05) is 24.3 Å². The predicted molar refractivity (Wildman–Crippen MR) is 109 cm³/mol. The minimum absolute atomic E-state index is 0.156. The molecule has 9 heteroatoms. The standard InChI is InChI=1S/C20H25N7O2/c1-12-8-13(2)27(26-12)18-9-17(23-19(28)11-22-15-6-7-21-10-15)24-20(25-18)16-5-4-14(3)29-16/h4-5,8-9,15,21-22H,6-7,10-11H2,1-3H3,(H,23,24,25,28)/t15-/m0/s1. The Morgan fingerprint density at radius 3 is 2.79 bits per heavy atom. The molecule has 3 N–H and O–H groups in total. The zero-order chi connectivity index (χ0) is 20.4. The molecule has 3 aromatic rings. The maximum absolute atomic E-state index is 12.4. The second-order valence-electron chi connectivity index (χ2n) is 7.30. The van der Waals surface area contributed by atoms with Gasteiger partial charge in [-0.05, 0) is 51.9 Å². The Kier molecular flexibility index (Phi) is 5.41. The summed E-state index contributed by atoms with van der Waals surface area (Å²) in [7, 11) is 0. The molecule has 1 atom stereocenters. The van der Waals surface area contributed by atoms with E-state index < -0.39 is 0 Å². The Hall–Kier alpha value is -3.04. The molecule has 1 aliphatic rings. The summed E-state index contributed by atoms with van der Waals surface area (Å²) >= 11 is 0. The van der Waals surface area contributed by atoms with Gasteiger partial charge >= 0.3 is 0 Å². The van der Waals surface area contributed by atoms with Crippen molar-refractivity contribution in [3.8, 4) is 17.4 Å². The van der Waals surface area contributed by atoms with Crippen molar-refractivity contribution in [1.29, 1.82) is 0 Å². The monoisotopic (exact) mass is 395 g/mol. The average molecular weight is 395 g/mol. The number of nitrogens with one attached hydrogen (secondary N) is 3. The molecule has 152 valence electrons. The summed E-state index contributed by atoms with van der Waals surface area (Å²) < 4.78 is 7.41. The summed E-state index contributed by atoms with van der Waals surface area (Å²) in [6, 6.07) is 7.67. The third kappa shape index (κ3) is 4.52. The largest absolute Gasteiger partial charge is 0.458 e. The van der Waals surface area contributed by atoms with Crippen molar-refractivity contribution in [2.24, 2.45) is 0 Å². The lowest BCUT2D eigenvalue weighted by molar-refractivity contribution is -0.115. The second-order valence-corrected chi connectivity index (χ2v) is 7.30. The fourth-order valence-electron chi connectivity index (χ4n) is 3.39. The highest BCUT2D eigenvalue weighted by Gasteiger charge is 2.17. The van der Waals surface area contributed by atoms with Gasteiger partial charge in [-0.2, -0.15) is 5.10 Å². The molecule has 0 bridgehead atoms. The zero-order valence-electron chi connectivity index (χ0n) is 16.8. The van der Waals surface area contributed by atoms with Crippen LogP contribution >= 0.6 is 0 Å². The Morgan fingerprint density at radius 1 is 1.28 bits per heavy atom. The number of hydrogen-bond acceptors (Lipinski definition) is 7. The van der Waals surface area contributed by atoms with Crippen LogP contribution in [0.5, 0.6) is 0 Å². The fourth-order valence-corrected chi connectivity index (χ4v) is 3.39. The number of furan rings is 1. The van der Waals surface area contributed by atoms with Gasteiger partial charge in [0.2, 0.25) is 5.91 Å². The van der Waals surface area contributed by atoms with Crippen molar-refractivity contribution in [2.45, 2.75) is 33.2 Å². The summed E-state index contributed by atoms with van der Waals surface area (Å²) in [6.45, 7) is 7.82. The number of rotatable bonds is 6. The second kappa shape index (κ2) is 8.14. The number of aromatic nitrogens is 4. The van der Waals surface area contributed by atoms with Crippen LogP contribution in [0.1, 0.15) is 23.6 Å². The van der Waals surface area contributed by atoms with E-state index in [4.69, 9.17) is 4.42 Å². The fraction of sp³-hybridized carbons (Fsp3) is 0.400. The van der Waals surface area contributed by atoms with Gasteiger partial charge in [-0.3, -0.25) is 4.79 Å². The topological polar surface area (TPSA) is 110 Å². The molecule has 3 aromatic heterocycles. The Morgan fingerprint density at radius 2 is 2.14 bits per heavy atom. The maximum Gasteiger partial charge on any atom is 0.239 e. The van der Waals surface area contributed by atoms with Gasteiger partial charge in [-0.1, -0.05) is 0 Å². The van der Waals surface area contributed by atoms with E-state index in [1.165, 1.54) is 0 Å². The molecule has 0 aromatic carbocycles. The molecule has 1 amide bonds. The molecule has 1 saturated heterocycles. The van der Waals surface area contributed by atoms with Crippen LogP contribution in [-0.2, 0) is 4.79 Å². The molecule has 4 heterocycles. The summed E-state index contributed by atoms with van der Waals surface area (Å²) in [5, 5.41) is 13.9. The predicted octanol–water partition coefficient (Wildman–Crippen LogP) is 1.74. The number of nitrogens with zero attached hydrogens (tertiary/aromatic N) is 4. The number of hydrogen-bond donors (Lipinski definition) is 3. The molecule has 1 fully saturated rings. The van der Waals surface area contributed by atoms with Crippen LogP contribution in [0.25, 0.3) is 17.4 Å². The van der Waals surface area contributed by atoms with E-state index in [2.05, 4.69) is 31.0 Å². The molecule has 9 nitrogen and oxygen atoms in total. The van der Waals surface area contributed by atoms with E-state index >= 15 is 0 Å². The summed E-state index contributed by atoms with van der Waals surface area (Å²) in [6.07, 6.45) is 1.02. The molecule has 29 heavy (non-hydrogen) atoms. The smallest absolute Gasteiger partial charge is 0.239 e. The first-order valence-electron chi connectivity index (χ1n) is 9.71. The Balaban J connectivity index is 1.60. The lowest BCUT2D eigenvalue weighted by atomic mass is 10.2. The average Bonchev–Trinajstić information content (AvgIpc) is 3.41. The van der Waals surface area contributed by atoms with Gasteiger partial charge in [-0.25, -0.2) is 14.6 Å². The van der Waals surface area contributed by atoms with Crippen LogP contribution < -0.4 is 16.0 Å². The summed E-state index contributed by atoms with van der Waals surface area (Å²) in [4.78, 5) is 21.5. The summed E-state index contributed by atoms with van der Waals surface area (Å²) in [5.74, 6) is 2.51. The highest BCUT2D eigenvalue weighted by atomic mass is 16.3. The molecular weight excluding hydrogens is 370 g/mol. The van der Waals surface area contributed by atoms with E-state index in [0.29, 0.717) is 29.3 Å². The number of anilines is 1. The number of carbonyl (C=O) groups excluding carboxylic acids is 1. The molecule has 4 rings (SSSR count). The molecule has 0 unspecified atom stereocenters. The minimum atomic E-state index is -0.156. The van der Waals surface area contributed by atoms with Crippen molar-refractivity contribution in [1.82, 2.24) is 30.4 Å². The Bertz CT molecular complexity index is 1020. The van der Waals surface area contributed by atoms with Crippen LogP contribution in [0, 0.1) is 20.8 Å². The third-order valence-corrected chi connectivity index (χ3v) is 4.78. The van der Waals surface area contributed by atoms with Gasteiger partial charge in [0.25, 0.3) is 0 Å². The third-order valence-electron chi connectivity index (χ3n) is 4.78. The van der Waals surface area contributed by atoms with Gasteiger partial charge in [0.1, 0.15) is 11.6 Å². The quantitative estimate of drug-likeness (QED) is 0.583. The number of aryl methyl sites for hydroxylation is 3. The zero-order valence-corrected chi connectivity index (χ0v) is 16.8. The van der Waals surface area contributed by atoms with E-state index in [1.807, 2.05) is 39.0 Å². The van der Waals surface area contributed by atoms with Crippen LogP contribution in [0.2, 0.25) is 0 Å². The van der Waals surface area contributed by atoms with E-state index in [1.54, 1.807) is 10.7 Å². The highest BCUT2D eigenvalue weighted by Crippen LogP contribution is 2.22. The molecule has 0 radical (unpaired) electrons. The Labute approximate surface area is 168 Å². The molecule has 0 spiro atoms. The molecular formula is C20H25N7O2. The SMILES string of the molecule is Cc1cc(C)n(-c2cc(NC(=O)CN[C@H]3CCNC3)nc(-c3ccc(C)o3)n2)n1. The van der Waals surface area contributed by atoms with Gasteiger partial charge in [0.15, 0.2) is 17.4 Å². The van der Waals surface area contributed by atoms with Crippen LogP contribution in [-0.4, -0.2) is 51.3 Å². The molecule has 1 aliphatic heterocycles. The van der Waals surface area contributed by atoms with Crippen LogP contribution in [0.3, 0.4) is 0 Å². The highest BCUT2D eigenvalue weighted by molar-refractivity contribution is 5.91. The maximum atomic E-state index is 12.4. The molecule has 0 aliphatic carbocycles. The van der Waals surface area contributed by atoms with Crippen molar-refractivity contribution in [3.63, 3.8) is 0 Å². The van der Waals surface area contributed by atoms with E-state index in [9.17, 15) is 4.79 Å². The van der Waals surface area contributed by atoms with Gasteiger partial charge in [0.05, 0.1) is 12.2 Å². The first-order chi connectivity index (χ1) is 14.0. The first-order valence-corrected chi connectivity index (χ1v) is 9.71. The summed E-state index contributed by atoms with van der Waals surface area (Å²) in [5.41, 5.74) is 1.83. The van der Waals surface area contributed by atoms with Gasteiger partial charge < -0.3 is 20.4 Å². The van der Waals surface area contributed by atoms with Crippen LogP contribution in [0.4, 0.5) is 5.82 Å². The van der Waals surface area contributed by atoms with Crippen LogP contribution in [0.15, 0.2) is 28.7 Å². The van der Waals surface area contributed by atoms with E-state index in [-0.39, 0.29) is 12.5 Å².